The van der Waals surface area contributed by atoms with Gasteiger partial charge in [0.15, 0.2) is 0 Å². The molecule has 0 aromatic heterocycles. The number of nitrogens with one attached hydrogen (secondary N) is 2. The summed E-state index contributed by atoms with van der Waals surface area (Å²) in [5.41, 5.74) is 9.66. The van der Waals surface area contributed by atoms with Crippen molar-refractivity contribution < 1.29 is 9.18 Å². The van der Waals surface area contributed by atoms with Crippen LogP contribution < -0.4 is 16.4 Å². The van der Waals surface area contributed by atoms with E-state index in [1.54, 1.807) is 18.2 Å². The molecule has 4 N–H and O–H groups in total. The summed E-state index contributed by atoms with van der Waals surface area (Å²) in [6, 6.07) is 8.06. The van der Waals surface area contributed by atoms with Gasteiger partial charge >= 0.3 is 0 Å². The van der Waals surface area contributed by atoms with Crippen LogP contribution in [0, 0.1) is 9.39 Å². The lowest BCUT2D eigenvalue weighted by Crippen LogP contribution is -2.03. The third-order valence-corrected chi connectivity index (χ3v) is 3.99. The average molecular weight is 383 g/mol. The zero-order valence-electron chi connectivity index (χ0n) is 10.3. The normalized spacial score (nSPS) is 13.0. The second-order valence-corrected chi connectivity index (χ2v) is 5.73. The molecule has 0 radical (unpaired) electrons. The van der Waals surface area contributed by atoms with Crippen LogP contribution in [0.25, 0.3) is 0 Å². The molecule has 0 saturated heterocycles. The van der Waals surface area contributed by atoms with Crippen LogP contribution in [0.15, 0.2) is 30.3 Å². The van der Waals surface area contributed by atoms with Crippen molar-refractivity contribution in [2.24, 2.45) is 0 Å². The fraction of sp³-hybridized carbons (Fsp3) is 0.0714. The third-order valence-electron chi connectivity index (χ3n) is 3.10. The minimum atomic E-state index is -0.283. The Morgan fingerprint density at radius 3 is 2.80 bits per heavy atom. The van der Waals surface area contributed by atoms with Gasteiger partial charge in [0.05, 0.1) is 23.5 Å². The summed E-state index contributed by atoms with van der Waals surface area (Å²) in [7, 11) is 0. The van der Waals surface area contributed by atoms with E-state index in [1.165, 1.54) is 12.1 Å². The van der Waals surface area contributed by atoms with Gasteiger partial charge in [-0.15, -0.1) is 0 Å². The topological polar surface area (TPSA) is 67.2 Å². The van der Waals surface area contributed by atoms with E-state index < -0.39 is 0 Å². The molecule has 1 amide bonds. The van der Waals surface area contributed by atoms with Crippen molar-refractivity contribution in [1.82, 2.24) is 0 Å². The van der Waals surface area contributed by atoms with Gasteiger partial charge in [0.25, 0.3) is 0 Å². The molecular formula is C14H11FIN3O. The predicted molar refractivity (Wildman–Crippen MR) is 85.6 cm³/mol. The van der Waals surface area contributed by atoms with Crippen LogP contribution in [0.5, 0.6) is 0 Å². The Labute approximate surface area is 128 Å². The number of anilines is 4. The van der Waals surface area contributed by atoms with E-state index in [-0.39, 0.29) is 11.7 Å². The molecule has 0 spiro atoms. The quantitative estimate of drug-likeness (QED) is 0.551. The van der Waals surface area contributed by atoms with E-state index >= 15 is 0 Å². The first-order valence-electron chi connectivity index (χ1n) is 5.97. The Morgan fingerprint density at radius 1 is 1.25 bits per heavy atom. The van der Waals surface area contributed by atoms with E-state index in [2.05, 4.69) is 33.2 Å². The molecule has 0 atom stereocenters. The number of carbonyl (C=O) groups excluding carboxylic acids is 1. The van der Waals surface area contributed by atoms with Crippen molar-refractivity contribution in [3.8, 4) is 0 Å². The highest BCUT2D eigenvalue weighted by Gasteiger charge is 2.19. The SMILES string of the molecule is Nc1cc2c(cc1Nc1ccc(F)cc1I)NC(=O)C2. The summed E-state index contributed by atoms with van der Waals surface area (Å²) in [6.07, 6.45) is 0.355. The first kappa shape index (κ1) is 13.2. The second kappa shape index (κ2) is 4.93. The van der Waals surface area contributed by atoms with Crippen LogP contribution in [0.2, 0.25) is 0 Å². The van der Waals surface area contributed by atoms with Gasteiger partial charge in [-0.2, -0.15) is 0 Å². The highest BCUT2D eigenvalue weighted by atomic mass is 127. The van der Waals surface area contributed by atoms with Crippen LogP contribution in [0.4, 0.5) is 27.1 Å². The summed E-state index contributed by atoms with van der Waals surface area (Å²) >= 11 is 2.05. The van der Waals surface area contributed by atoms with Crippen molar-refractivity contribution in [1.29, 1.82) is 0 Å². The van der Waals surface area contributed by atoms with Crippen molar-refractivity contribution in [2.45, 2.75) is 6.42 Å². The fourth-order valence-corrected chi connectivity index (χ4v) is 2.75. The molecule has 0 fully saturated rings. The molecule has 6 heteroatoms. The number of benzene rings is 2. The lowest BCUT2D eigenvalue weighted by molar-refractivity contribution is -0.115. The Morgan fingerprint density at radius 2 is 2.05 bits per heavy atom. The van der Waals surface area contributed by atoms with Gasteiger partial charge in [-0.05, 0) is 58.5 Å². The fourth-order valence-electron chi connectivity index (χ4n) is 2.14. The molecule has 2 aromatic rings. The molecule has 0 saturated carbocycles. The van der Waals surface area contributed by atoms with Crippen LogP contribution in [-0.2, 0) is 11.2 Å². The molecule has 20 heavy (non-hydrogen) atoms. The number of nitrogens with two attached hydrogens (primary N) is 1. The Balaban J connectivity index is 1.95. The molecule has 1 aliphatic heterocycles. The molecule has 0 aliphatic carbocycles. The number of amides is 1. The van der Waals surface area contributed by atoms with Crippen LogP contribution in [-0.4, -0.2) is 5.91 Å². The monoisotopic (exact) mass is 383 g/mol. The lowest BCUT2D eigenvalue weighted by atomic mass is 10.1. The van der Waals surface area contributed by atoms with E-state index in [0.717, 1.165) is 20.5 Å². The van der Waals surface area contributed by atoms with Crippen molar-refractivity contribution in [2.75, 3.05) is 16.4 Å². The second-order valence-electron chi connectivity index (χ2n) is 4.57. The molecular weight excluding hydrogens is 372 g/mol. The maximum atomic E-state index is 13.1. The van der Waals surface area contributed by atoms with Gasteiger partial charge in [-0.3, -0.25) is 4.79 Å². The average Bonchev–Trinajstić information content (AvgIpc) is 2.72. The van der Waals surface area contributed by atoms with Crippen molar-refractivity contribution >= 4 is 51.2 Å². The number of carbonyl (C=O) groups is 1. The summed E-state index contributed by atoms with van der Waals surface area (Å²) in [5, 5.41) is 5.94. The van der Waals surface area contributed by atoms with Crippen molar-refractivity contribution in [3.05, 3.63) is 45.3 Å². The highest BCUT2D eigenvalue weighted by Crippen LogP contribution is 2.34. The van der Waals surface area contributed by atoms with Gasteiger partial charge in [0.2, 0.25) is 5.91 Å². The van der Waals surface area contributed by atoms with E-state index in [4.69, 9.17) is 5.73 Å². The highest BCUT2D eigenvalue weighted by molar-refractivity contribution is 14.1. The number of hydrogen-bond donors (Lipinski definition) is 3. The minimum Gasteiger partial charge on any atom is -0.397 e. The number of halogens is 2. The van der Waals surface area contributed by atoms with Gasteiger partial charge in [-0.1, -0.05) is 0 Å². The predicted octanol–water partition coefficient (Wildman–Crippen LogP) is 3.25. The van der Waals surface area contributed by atoms with Gasteiger partial charge in [-0.25, -0.2) is 4.39 Å². The summed E-state index contributed by atoms with van der Waals surface area (Å²) < 4.78 is 13.8. The van der Waals surface area contributed by atoms with Crippen LogP contribution in [0.3, 0.4) is 0 Å². The molecule has 1 aliphatic rings. The largest absolute Gasteiger partial charge is 0.397 e. The molecule has 4 nitrogen and oxygen atoms in total. The van der Waals surface area contributed by atoms with Gasteiger partial charge in [0, 0.05) is 9.26 Å². The summed E-state index contributed by atoms with van der Waals surface area (Å²) in [6.45, 7) is 0. The number of nitrogen functional groups attached to an aromatic ring is 1. The maximum absolute atomic E-state index is 13.1. The van der Waals surface area contributed by atoms with Crippen LogP contribution >= 0.6 is 22.6 Å². The number of hydrogen-bond acceptors (Lipinski definition) is 3. The lowest BCUT2D eigenvalue weighted by Gasteiger charge is -2.13. The molecule has 0 bridgehead atoms. The van der Waals surface area contributed by atoms with E-state index in [1.807, 2.05) is 0 Å². The van der Waals surface area contributed by atoms with E-state index in [0.29, 0.717) is 17.8 Å². The smallest absolute Gasteiger partial charge is 0.228 e. The van der Waals surface area contributed by atoms with Gasteiger partial charge in [0.1, 0.15) is 5.82 Å². The molecule has 1 heterocycles. The zero-order valence-corrected chi connectivity index (χ0v) is 12.5. The first-order valence-corrected chi connectivity index (χ1v) is 7.05. The third kappa shape index (κ3) is 2.43. The molecule has 102 valence electrons. The summed E-state index contributed by atoms with van der Waals surface area (Å²) in [4.78, 5) is 11.4. The standard InChI is InChI=1S/C14H11FIN3O/c15-8-1-2-11(9(16)5-8)18-13-6-12-7(3-10(13)17)4-14(20)19-12/h1-3,5-6,18H,4,17H2,(H,19,20). The zero-order chi connectivity index (χ0) is 14.3. The van der Waals surface area contributed by atoms with Crippen molar-refractivity contribution in [3.63, 3.8) is 0 Å². The Hall–Kier alpha value is -1.83. The van der Waals surface area contributed by atoms with Gasteiger partial charge < -0.3 is 16.4 Å². The first-order chi connectivity index (χ1) is 9.52. The number of fused-ring (bicyclic) bond motifs is 1. The Bertz CT molecular complexity index is 718. The summed E-state index contributed by atoms with van der Waals surface area (Å²) in [5.74, 6) is -0.318. The maximum Gasteiger partial charge on any atom is 0.228 e. The molecule has 0 unspecified atom stereocenters. The number of rotatable bonds is 2. The Kier molecular flexibility index (Phi) is 3.25. The van der Waals surface area contributed by atoms with E-state index in [9.17, 15) is 9.18 Å². The minimum absolute atomic E-state index is 0.0343. The van der Waals surface area contributed by atoms with Crippen LogP contribution in [0.1, 0.15) is 5.56 Å². The molecule has 2 aromatic carbocycles. The molecule has 3 rings (SSSR count).